The molecule has 166 valence electrons. The number of thiazole rings is 1. The molecular weight excluding hydrogens is 433 g/mol. The molecule has 32 heavy (non-hydrogen) atoms. The summed E-state index contributed by atoms with van der Waals surface area (Å²) in [5.74, 6) is -0.902. The van der Waals surface area contributed by atoms with Crippen molar-refractivity contribution in [1.29, 1.82) is 0 Å². The molecule has 0 radical (unpaired) electrons. The van der Waals surface area contributed by atoms with E-state index in [4.69, 9.17) is 14.4 Å². The van der Waals surface area contributed by atoms with Crippen LogP contribution in [0.15, 0.2) is 59.0 Å². The van der Waals surface area contributed by atoms with Crippen LogP contribution in [0.4, 0.5) is 4.39 Å². The highest BCUT2D eigenvalue weighted by atomic mass is 32.1. The number of carbonyl (C=O) groups excluding carboxylic acids is 1. The van der Waals surface area contributed by atoms with Crippen LogP contribution in [0.1, 0.15) is 28.6 Å². The summed E-state index contributed by atoms with van der Waals surface area (Å²) >= 11 is 1.43. The van der Waals surface area contributed by atoms with Crippen molar-refractivity contribution in [3.8, 4) is 10.4 Å². The van der Waals surface area contributed by atoms with E-state index in [1.807, 2.05) is 19.1 Å². The van der Waals surface area contributed by atoms with Gasteiger partial charge in [0.15, 0.2) is 5.71 Å². The van der Waals surface area contributed by atoms with E-state index in [-0.39, 0.29) is 18.1 Å². The molecule has 3 rings (SSSR count). The molecule has 0 fully saturated rings. The number of esters is 1. The summed E-state index contributed by atoms with van der Waals surface area (Å²) in [5.41, 5.74) is 3.69. The second-order valence-corrected chi connectivity index (χ2v) is 7.73. The summed E-state index contributed by atoms with van der Waals surface area (Å²) in [7, 11) is 2.64. The Morgan fingerprint density at radius 3 is 2.56 bits per heavy atom. The summed E-state index contributed by atoms with van der Waals surface area (Å²) < 4.78 is 18.0. The number of rotatable bonds is 8. The fourth-order valence-electron chi connectivity index (χ4n) is 2.92. The zero-order valence-corrected chi connectivity index (χ0v) is 18.9. The Bertz CT molecular complexity index is 1160. The number of aromatic nitrogens is 1. The zero-order valence-electron chi connectivity index (χ0n) is 18.1. The number of hydrogen-bond donors (Lipinski definition) is 0. The number of ether oxygens (including phenoxy) is 1. The zero-order chi connectivity index (χ0) is 23.1. The highest BCUT2D eigenvalue weighted by Gasteiger charge is 2.20. The Balaban J connectivity index is 1.78. The Hall–Kier alpha value is -3.59. The first kappa shape index (κ1) is 23.1. The van der Waals surface area contributed by atoms with Gasteiger partial charge in [0.1, 0.15) is 30.3 Å². The van der Waals surface area contributed by atoms with Crippen molar-refractivity contribution in [2.24, 2.45) is 10.3 Å². The van der Waals surface area contributed by atoms with Crippen LogP contribution in [-0.4, -0.2) is 36.6 Å². The van der Waals surface area contributed by atoms with Crippen molar-refractivity contribution in [3.63, 3.8) is 0 Å². The lowest BCUT2D eigenvalue weighted by Gasteiger charge is -2.12. The lowest BCUT2D eigenvalue weighted by Crippen LogP contribution is -2.20. The molecule has 2 aromatic carbocycles. The molecule has 0 aliphatic heterocycles. The van der Waals surface area contributed by atoms with Crippen LogP contribution in [0.5, 0.6) is 0 Å². The monoisotopic (exact) mass is 455 g/mol. The smallest absolute Gasteiger partial charge is 0.360 e. The molecule has 0 atom stereocenters. The van der Waals surface area contributed by atoms with Gasteiger partial charge in [0, 0.05) is 17.3 Å². The molecule has 0 N–H and O–H groups in total. The van der Waals surface area contributed by atoms with Gasteiger partial charge in [-0.2, -0.15) is 0 Å². The van der Waals surface area contributed by atoms with Crippen LogP contribution in [0.25, 0.3) is 10.4 Å². The number of nitrogens with zero attached hydrogens (tertiary/aromatic N) is 3. The van der Waals surface area contributed by atoms with Crippen molar-refractivity contribution in [2.75, 3.05) is 14.2 Å². The molecule has 1 aromatic heterocycles. The maximum Gasteiger partial charge on any atom is 0.360 e. The van der Waals surface area contributed by atoms with E-state index in [1.54, 1.807) is 31.3 Å². The molecule has 0 saturated carbocycles. The van der Waals surface area contributed by atoms with Gasteiger partial charge in [-0.05, 0) is 37.1 Å². The Labute approximate surface area is 189 Å². The van der Waals surface area contributed by atoms with Crippen LogP contribution in [0.3, 0.4) is 0 Å². The number of carbonyl (C=O) groups is 1. The van der Waals surface area contributed by atoms with E-state index in [0.717, 1.165) is 21.6 Å². The van der Waals surface area contributed by atoms with Crippen LogP contribution >= 0.6 is 11.3 Å². The number of halogens is 1. The molecule has 0 amide bonds. The van der Waals surface area contributed by atoms with E-state index in [9.17, 15) is 9.18 Å². The standard InChI is InChI=1S/C23H22FN3O4S/c1-14-6-5-7-18(21(27-30-4)23(28)29-3)19(14)13-31-26-15(2)22-25-12-20(32-22)16-8-10-17(24)11-9-16/h5-12H,13H2,1-4H3/b26-15+,27-21+. The van der Waals surface area contributed by atoms with Crippen molar-refractivity contribution < 1.29 is 23.6 Å². The first-order valence-electron chi connectivity index (χ1n) is 9.61. The van der Waals surface area contributed by atoms with Crippen molar-refractivity contribution in [1.82, 2.24) is 4.98 Å². The van der Waals surface area contributed by atoms with Gasteiger partial charge in [0.2, 0.25) is 0 Å². The maximum atomic E-state index is 13.1. The minimum atomic E-state index is -0.616. The summed E-state index contributed by atoms with van der Waals surface area (Å²) in [5, 5.41) is 8.68. The third-order valence-corrected chi connectivity index (χ3v) is 5.74. The van der Waals surface area contributed by atoms with Crippen LogP contribution in [0.2, 0.25) is 0 Å². The van der Waals surface area contributed by atoms with E-state index < -0.39 is 5.97 Å². The predicted octanol–water partition coefficient (Wildman–Crippen LogP) is 4.72. The van der Waals surface area contributed by atoms with Crippen molar-refractivity contribution in [3.05, 3.63) is 76.2 Å². The van der Waals surface area contributed by atoms with Gasteiger partial charge >= 0.3 is 5.97 Å². The summed E-state index contributed by atoms with van der Waals surface area (Å²) in [6, 6.07) is 11.7. The first-order valence-corrected chi connectivity index (χ1v) is 10.4. The molecule has 0 aliphatic carbocycles. The third kappa shape index (κ3) is 5.36. The topological polar surface area (TPSA) is 82.4 Å². The second kappa shape index (κ2) is 10.6. The predicted molar refractivity (Wildman–Crippen MR) is 121 cm³/mol. The van der Waals surface area contributed by atoms with E-state index in [2.05, 4.69) is 15.3 Å². The fraction of sp³-hybridized carbons (Fsp3) is 0.217. The molecular formula is C23H22FN3O4S. The molecule has 0 unspecified atom stereocenters. The average molecular weight is 456 g/mol. The van der Waals surface area contributed by atoms with Crippen molar-refractivity contribution >= 4 is 28.7 Å². The van der Waals surface area contributed by atoms with Crippen LogP contribution < -0.4 is 0 Å². The molecule has 0 bridgehead atoms. The van der Waals surface area contributed by atoms with E-state index in [1.165, 1.54) is 37.7 Å². The molecule has 1 heterocycles. The third-order valence-electron chi connectivity index (χ3n) is 4.58. The molecule has 9 heteroatoms. The largest absolute Gasteiger partial charge is 0.464 e. The van der Waals surface area contributed by atoms with Gasteiger partial charge < -0.3 is 14.4 Å². The minimum absolute atomic E-state index is 0.0434. The second-order valence-electron chi connectivity index (χ2n) is 6.70. The van der Waals surface area contributed by atoms with Gasteiger partial charge in [-0.1, -0.05) is 40.6 Å². The van der Waals surface area contributed by atoms with Gasteiger partial charge in [-0.3, -0.25) is 0 Å². The fourth-order valence-corrected chi connectivity index (χ4v) is 3.78. The average Bonchev–Trinajstić information content (AvgIpc) is 3.29. The molecule has 3 aromatic rings. The quantitative estimate of drug-likeness (QED) is 0.279. The van der Waals surface area contributed by atoms with Crippen LogP contribution in [-0.2, 0) is 25.8 Å². The Morgan fingerprint density at radius 2 is 1.88 bits per heavy atom. The normalized spacial score (nSPS) is 11.9. The molecule has 0 spiro atoms. The summed E-state index contributed by atoms with van der Waals surface area (Å²) in [6.07, 6.45) is 1.72. The van der Waals surface area contributed by atoms with E-state index in [0.29, 0.717) is 16.3 Å². The molecule has 7 nitrogen and oxygen atoms in total. The van der Waals surface area contributed by atoms with E-state index >= 15 is 0 Å². The number of benzene rings is 2. The lowest BCUT2D eigenvalue weighted by molar-refractivity contribution is -0.132. The highest BCUT2D eigenvalue weighted by Crippen LogP contribution is 2.27. The Morgan fingerprint density at radius 1 is 1.12 bits per heavy atom. The summed E-state index contributed by atoms with van der Waals surface area (Å²) in [6.45, 7) is 3.80. The first-order chi connectivity index (χ1) is 15.4. The molecule has 0 aliphatic rings. The SMILES string of the molecule is CO/N=C(/C(=O)OC)c1cccc(C)c1CO/N=C(\C)c1ncc(-c2ccc(F)cc2)s1. The highest BCUT2D eigenvalue weighted by molar-refractivity contribution is 7.17. The summed E-state index contributed by atoms with van der Waals surface area (Å²) in [4.78, 5) is 27.8. The van der Waals surface area contributed by atoms with Crippen molar-refractivity contribution in [2.45, 2.75) is 20.5 Å². The van der Waals surface area contributed by atoms with Gasteiger partial charge in [0.25, 0.3) is 0 Å². The van der Waals surface area contributed by atoms with Gasteiger partial charge in [0.05, 0.1) is 12.0 Å². The van der Waals surface area contributed by atoms with Crippen LogP contribution in [0, 0.1) is 12.7 Å². The van der Waals surface area contributed by atoms with Gasteiger partial charge in [-0.15, -0.1) is 11.3 Å². The maximum absolute atomic E-state index is 13.1. The minimum Gasteiger partial charge on any atom is -0.464 e. The molecule has 0 saturated heterocycles. The number of hydrogen-bond acceptors (Lipinski definition) is 8. The number of oxime groups is 2. The lowest BCUT2D eigenvalue weighted by atomic mass is 9.99. The Kier molecular flexibility index (Phi) is 7.67. The van der Waals surface area contributed by atoms with Gasteiger partial charge in [-0.25, -0.2) is 14.2 Å². The number of methoxy groups -OCH3 is 1. The number of aryl methyl sites for hydroxylation is 1.